The summed E-state index contributed by atoms with van der Waals surface area (Å²) in [4.78, 5) is 0. The van der Waals surface area contributed by atoms with Crippen molar-refractivity contribution < 1.29 is 13.2 Å². The van der Waals surface area contributed by atoms with Crippen LogP contribution in [0.2, 0.25) is 5.02 Å². The molecule has 7 heteroatoms. The minimum Gasteiger partial charge on any atom is -0.370 e. The maximum Gasteiger partial charge on any atom is 0.416 e. The summed E-state index contributed by atoms with van der Waals surface area (Å²) in [5.74, 6) is 0.835. The zero-order valence-corrected chi connectivity index (χ0v) is 15.1. The first kappa shape index (κ1) is 17.9. The van der Waals surface area contributed by atoms with E-state index >= 15 is 0 Å². The number of anilines is 1. The number of hydrogen-bond donors (Lipinski definition) is 1. The zero-order chi connectivity index (χ0) is 19.0. The Morgan fingerprint density at radius 1 is 1.04 bits per heavy atom. The Labute approximate surface area is 159 Å². The number of fused-ring (bicyclic) bond motifs is 1. The molecule has 1 aliphatic heterocycles. The van der Waals surface area contributed by atoms with Gasteiger partial charge in [-0.3, -0.25) is 0 Å². The molecule has 0 saturated heterocycles. The summed E-state index contributed by atoms with van der Waals surface area (Å²) in [7, 11) is 0. The molecule has 0 amide bonds. The van der Waals surface area contributed by atoms with E-state index in [1.807, 2.05) is 12.1 Å². The Kier molecular flexibility index (Phi) is 4.60. The van der Waals surface area contributed by atoms with Crippen LogP contribution in [0.3, 0.4) is 0 Å². The van der Waals surface area contributed by atoms with Gasteiger partial charge in [0.2, 0.25) is 0 Å². The fourth-order valence-corrected chi connectivity index (χ4v) is 3.47. The van der Waals surface area contributed by atoms with Gasteiger partial charge in [0.1, 0.15) is 5.82 Å². The van der Waals surface area contributed by atoms with Crippen LogP contribution in [0.25, 0.3) is 16.9 Å². The van der Waals surface area contributed by atoms with Crippen LogP contribution in [-0.4, -0.2) is 16.3 Å². The van der Waals surface area contributed by atoms with E-state index in [-0.39, 0.29) is 0 Å². The van der Waals surface area contributed by atoms with Crippen molar-refractivity contribution in [2.75, 3.05) is 11.9 Å². The standard InChI is InChI=1S/C20H17ClF3N3/c21-15-7-9-16(10-8-15)27-19-17(6-1-2-11-25-19)18(26-27)13-4-3-5-14(12-13)20(22,23)24/h3-5,7-10,12,25H,1-2,6,11H2. The second-order valence-corrected chi connectivity index (χ2v) is 6.96. The second-order valence-electron chi connectivity index (χ2n) is 6.53. The number of halogens is 4. The molecule has 1 N–H and O–H groups in total. The minimum atomic E-state index is -4.38. The van der Waals surface area contributed by atoms with Crippen molar-refractivity contribution in [3.63, 3.8) is 0 Å². The van der Waals surface area contributed by atoms with Crippen molar-refractivity contribution in [1.29, 1.82) is 0 Å². The van der Waals surface area contributed by atoms with E-state index in [4.69, 9.17) is 11.6 Å². The van der Waals surface area contributed by atoms with Gasteiger partial charge < -0.3 is 5.32 Å². The molecule has 140 valence electrons. The van der Waals surface area contributed by atoms with E-state index in [9.17, 15) is 13.2 Å². The van der Waals surface area contributed by atoms with Gasteiger partial charge in [-0.1, -0.05) is 23.7 Å². The van der Waals surface area contributed by atoms with Crippen LogP contribution < -0.4 is 5.32 Å². The maximum atomic E-state index is 13.1. The van der Waals surface area contributed by atoms with Gasteiger partial charge >= 0.3 is 6.18 Å². The van der Waals surface area contributed by atoms with Crippen LogP contribution in [0.15, 0.2) is 48.5 Å². The molecule has 1 aromatic heterocycles. The van der Waals surface area contributed by atoms with Gasteiger partial charge in [-0.2, -0.15) is 18.3 Å². The first-order chi connectivity index (χ1) is 12.9. The Morgan fingerprint density at radius 3 is 2.56 bits per heavy atom. The van der Waals surface area contributed by atoms with Gasteiger partial charge in [0.15, 0.2) is 0 Å². The highest BCUT2D eigenvalue weighted by atomic mass is 35.5. The molecule has 2 aromatic carbocycles. The van der Waals surface area contributed by atoms with Crippen LogP contribution in [0.5, 0.6) is 0 Å². The molecule has 0 bridgehead atoms. The lowest BCUT2D eigenvalue weighted by molar-refractivity contribution is -0.137. The lowest BCUT2D eigenvalue weighted by Crippen LogP contribution is -2.07. The number of hydrogen-bond acceptors (Lipinski definition) is 2. The molecule has 3 aromatic rings. The third-order valence-corrected chi connectivity index (χ3v) is 4.92. The molecular weight excluding hydrogens is 375 g/mol. The molecule has 3 nitrogen and oxygen atoms in total. The van der Waals surface area contributed by atoms with Crippen molar-refractivity contribution in [1.82, 2.24) is 9.78 Å². The Balaban J connectivity index is 1.88. The molecule has 27 heavy (non-hydrogen) atoms. The summed E-state index contributed by atoms with van der Waals surface area (Å²) in [5, 5.41) is 8.67. The lowest BCUT2D eigenvalue weighted by Gasteiger charge is -2.09. The van der Waals surface area contributed by atoms with Crippen molar-refractivity contribution >= 4 is 17.4 Å². The summed E-state index contributed by atoms with van der Waals surface area (Å²) in [6.07, 6.45) is -1.67. The monoisotopic (exact) mass is 391 g/mol. The quantitative estimate of drug-likeness (QED) is 0.584. The molecule has 0 spiro atoms. The highest BCUT2D eigenvalue weighted by Gasteiger charge is 2.31. The first-order valence-electron chi connectivity index (χ1n) is 8.73. The number of aromatic nitrogens is 2. The fraction of sp³-hybridized carbons (Fsp3) is 0.250. The molecule has 0 aliphatic carbocycles. The van der Waals surface area contributed by atoms with E-state index in [1.54, 1.807) is 22.9 Å². The molecule has 0 radical (unpaired) electrons. The van der Waals surface area contributed by atoms with Crippen molar-refractivity contribution in [2.24, 2.45) is 0 Å². The first-order valence-corrected chi connectivity index (χ1v) is 9.10. The number of alkyl halides is 3. The largest absolute Gasteiger partial charge is 0.416 e. The van der Waals surface area contributed by atoms with Crippen molar-refractivity contribution in [3.8, 4) is 16.9 Å². The molecule has 0 atom stereocenters. The van der Waals surface area contributed by atoms with Crippen molar-refractivity contribution in [3.05, 3.63) is 64.7 Å². The zero-order valence-electron chi connectivity index (χ0n) is 14.4. The van der Waals surface area contributed by atoms with E-state index in [0.717, 1.165) is 48.9 Å². The fourth-order valence-electron chi connectivity index (χ4n) is 3.35. The minimum absolute atomic E-state index is 0.470. The highest BCUT2D eigenvalue weighted by molar-refractivity contribution is 6.30. The number of nitrogens with zero attached hydrogens (tertiary/aromatic N) is 2. The molecular formula is C20H17ClF3N3. The molecule has 0 fully saturated rings. The van der Waals surface area contributed by atoms with Crippen LogP contribution >= 0.6 is 11.6 Å². The van der Waals surface area contributed by atoms with Crippen LogP contribution in [0.1, 0.15) is 24.0 Å². The Morgan fingerprint density at radius 2 is 1.81 bits per heavy atom. The Hall–Kier alpha value is -2.47. The van der Waals surface area contributed by atoms with Crippen LogP contribution in [-0.2, 0) is 12.6 Å². The Bertz CT molecular complexity index is 962. The number of rotatable bonds is 2. The summed E-state index contributed by atoms with van der Waals surface area (Å²) >= 11 is 5.98. The highest BCUT2D eigenvalue weighted by Crippen LogP contribution is 2.37. The average Bonchev–Trinajstić information content (AvgIpc) is 2.83. The van der Waals surface area contributed by atoms with Crippen LogP contribution in [0.4, 0.5) is 19.0 Å². The second kappa shape index (κ2) is 6.93. The van der Waals surface area contributed by atoms with E-state index in [2.05, 4.69) is 10.4 Å². The van der Waals surface area contributed by atoms with Gasteiger partial charge in [0, 0.05) is 22.7 Å². The van der Waals surface area contributed by atoms with E-state index in [1.165, 1.54) is 12.1 Å². The third kappa shape index (κ3) is 3.54. The van der Waals surface area contributed by atoms with Gasteiger partial charge in [0.05, 0.1) is 16.9 Å². The van der Waals surface area contributed by atoms with E-state index in [0.29, 0.717) is 16.3 Å². The SMILES string of the molecule is FC(F)(F)c1cccc(-c2nn(-c3ccc(Cl)cc3)c3c2CCCCN3)c1. The maximum absolute atomic E-state index is 13.1. The van der Waals surface area contributed by atoms with Crippen molar-refractivity contribution in [2.45, 2.75) is 25.4 Å². The van der Waals surface area contributed by atoms with Crippen LogP contribution in [0, 0.1) is 0 Å². The molecule has 0 unspecified atom stereocenters. The molecule has 1 aliphatic rings. The number of nitrogens with one attached hydrogen (secondary N) is 1. The smallest absolute Gasteiger partial charge is 0.370 e. The lowest BCUT2D eigenvalue weighted by atomic mass is 10.0. The summed E-state index contributed by atoms with van der Waals surface area (Å²) in [5.41, 5.74) is 2.14. The van der Waals surface area contributed by atoms with E-state index < -0.39 is 11.7 Å². The molecule has 2 heterocycles. The van der Waals surface area contributed by atoms with Gasteiger partial charge in [-0.15, -0.1) is 0 Å². The average molecular weight is 392 g/mol. The van der Waals surface area contributed by atoms with Gasteiger partial charge in [0.25, 0.3) is 0 Å². The number of benzene rings is 2. The van der Waals surface area contributed by atoms with Gasteiger partial charge in [-0.05, 0) is 55.7 Å². The molecule has 0 saturated carbocycles. The van der Waals surface area contributed by atoms with Gasteiger partial charge in [-0.25, -0.2) is 4.68 Å². The molecule has 4 rings (SSSR count). The summed E-state index contributed by atoms with van der Waals surface area (Å²) in [6.45, 7) is 0.800. The predicted molar refractivity (Wildman–Crippen MR) is 100 cm³/mol. The third-order valence-electron chi connectivity index (χ3n) is 4.66. The normalized spacial score (nSPS) is 14.4. The topological polar surface area (TPSA) is 29.9 Å². The summed E-state index contributed by atoms with van der Waals surface area (Å²) in [6, 6.07) is 12.6. The summed E-state index contributed by atoms with van der Waals surface area (Å²) < 4.78 is 41.2. The predicted octanol–water partition coefficient (Wildman–Crippen LogP) is 5.96.